The van der Waals surface area contributed by atoms with Crippen LogP contribution in [0.3, 0.4) is 0 Å². The van der Waals surface area contributed by atoms with Crippen molar-refractivity contribution in [1.29, 1.82) is 0 Å². The predicted octanol–water partition coefficient (Wildman–Crippen LogP) is 5.84. The molecule has 0 saturated heterocycles. The fourth-order valence-corrected chi connectivity index (χ4v) is 5.61. The molecule has 7 nitrogen and oxygen atoms in total. The highest BCUT2D eigenvalue weighted by Crippen LogP contribution is 2.58. The van der Waals surface area contributed by atoms with E-state index in [0.717, 1.165) is 10.8 Å². The Morgan fingerprint density at radius 1 is 0.737 bits per heavy atom. The Labute approximate surface area is 217 Å². The first-order valence-corrected chi connectivity index (χ1v) is 12.0. The molecule has 184 valence electrons. The van der Waals surface area contributed by atoms with Crippen LogP contribution < -0.4 is 4.74 Å². The van der Waals surface area contributed by atoms with Gasteiger partial charge in [-0.05, 0) is 47.2 Å². The van der Waals surface area contributed by atoms with E-state index in [2.05, 4.69) is 0 Å². The number of phenols is 3. The van der Waals surface area contributed by atoms with E-state index in [1.54, 1.807) is 42.5 Å². The van der Waals surface area contributed by atoms with Crippen molar-refractivity contribution in [1.82, 2.24) is 5.01 Å². The molecule has 38 heavy (non-hydrogen) atoms. The number of hydrogen-bond donors (Lipinski definition) is 3. The number of hydrogen-bond acceptors (Lipinski definition) is 6. The van der Waals surface area contributed by atoms with E-state index in [0.29, 0.717) is 39.3 Å². The molecule has 0 unspecified atom stereocenters. The maximum Gasteiger partial charge on any atom is 0.275 e. The van der Waals surface area contributed by atoms with Crippen LogP contribution in [-0.4, -0.2) is 32.5 Å². The third kappa shape index (κ3) is 2.90. The van der Waals surface area contributed by atoms with Gasteiger partial charge in [0, 0.05) is 39.9 Å². The van der Waals surface area contributed by atoms with Crippen molar-refractivity contribution < 1.29 is 24.9 Å². The minimum atomic E-state index is -1.26. The molecule has 0 bridgehead atoms. The van der Waals surface area contributed by atoms with Gasteiger partial charge >= 0.3 is 0 Å². The average Bonchev–Trinajstić information content (AvgIpc) is 3.16. The van der Waals surface area contributed by atoms with Gasteiger partial charge in [0.25, 0.3) is 5.91 Å². The van der Waals surface area contributed by atoms with Crippen LogP contribution in [0.15, 0.2) is 102 Å². The molecule has 5 aromatic carbocycles. The second kappa shape index (κ2) is 7.85. The molecular weight excluding hydrogens is 480 g/mol. The fraction of sp³-hybridized carbons (Fsp3) is 0.0323. The van der Waals surface area contributed by atoms with Gasteiger partial charge in [-0.3, -0.25) is 4.79 Å². The van der Waals surface area contributed by atoms with Crippen LogP contribution in [0.2, 0.25) is 0 Å². The van der Waals surface area contributed by atoms with Crippen molar-refractivity contribution in [3.8, 4) is 28.7 Å². The molecule has 2 aliphatic rings. The van der Waals surface area contributed by atoms with E-state index < -0.39 is 5.54 Å². The highest BCUT2D eigenvalue weighted by molar-refractivity contribution is 6.05. The standard InChI is InChI=1S/C31H20N2O5/c34-19-10-12-25-28(15-19)38-29-16-20(35)11-13-26(29)31(25)24-8-4-3-7-22(24)30(37)33(31)32-17-23-21-6-2-1-5-18(21)9-14-27(23)36/h1-17,34-36H/b32-17+. The lowest BCUT2D eigenvalue weighted by molar-refractivity contribution is 0.0675. The minimum Gasteiger partial charge on any atom is -0.508 e. The Balaban J connectivity index is 1.54. The molecule has 3 N–H and O–H groups in total. The van der Waals surface area contributed by atoms with Crippen LogP contribution in [-0.2, 0) is 5.54 Å². The van der Waals surface area contributed by atoms with E-state index in [4.69, 9.17) is 9.84 Å². The Kier molecular flexibility index (Phi) is 4.53. The average molecular weight is 501 g/mol. The molecule has 0 aromatic heterocycles. The molecule has 2 heterocycles. The Bertz CT molecular complexity index is 1780. The third-order valence-corrected chi connectivity index (χ3v) is 7.24. The highest BCUT2D eigenvalue weighted by atomic mass is 16.5. The second-order valence-corrected chi connectivity index (χ2v) is 9.30. The van der Waals surface area contributed by atoms with Gasteiger partial charge in [-0.25, -0.2) is 5.01 Å². The molecule has 0 radical (unpaired) electrons. The number of amides is 1. The molecule has 7 heteroatoms. The summed E-state index contributed by atoms with van der Waals surface area (Å²) in [5.41, 5.74) is 1.58. The zero-order valence-electron chi connectivity index (χ0n) is 19.9. The second-order valence-electron chi connectivity index (χ2n) is 9.30. The molecular formula is C31H20N2O5. The van der Waals surface area contributed by atoms with Crippen molar-refractivity contribution in [3.05, 3.63) is 125 Å². The Hall–Kier alpha value is -5.30. The SMILES string of the molecule is O=C1c2ccccc2C2(c3ccc(O)cc3Oc3cc(O)ccc32)N1/N=C/c1c(O)ccc2ccccc12. The van der Waals surface area contributed by atoms with Crippen LogP contribution >= 0.6 is 0 Å². The maximum atomic E-state index is 14.0. The number of ether oxygens (including phenoxy) is 1. The van der Waals surface area contributed by atoms with E-state index in [-0.39, 0.29) is 23.2 Å². The summed E-state index contributed by atoms with van der Waals surface area (Å²) in [5.74, 6) is 0.359. The number of fused-ring (bicyclic) bond motifs is 7. The van der Waals surface area contributed by atoms with E-state index >= 15 is 0 Å². The van der Waals surface area contributed by atoms with Crippen molar-refractivity contribution in [3.63, 3.8) is 0 Å². The van der Waals surface area contributed by atoms with Crippen LogP contribution in [0.25, 0.3) is 10.8 Å². The zero-order valence-corrected chi connectivity index (χ0v) is 19.9. The first kappa shape index (κ1) is 21.9. The molecule has 2 aliphatic heterocycles. The van der Waals surface area contributed by atoms with Crippen LogP contribution in [0, 0.1) is 0 Å². The normalized spacial score (nSPS) is 14.9. The van der Waals surface area contributed by atoms with Crippen LogP contribution in [0.1, 0.15) is 32.6 Å². The summed E-state index contributed by atoms with van der Waals surface area (Å²) >= 11 is 0. The van der Waals surface area contributed by atoms with Crippen molar-refractivity contribution in [2.24, 2.45) is 5.10 Å². The van der Waals surface area contributed by atoms with Gasteiger partial charge in [0.05, 0.1) is 6.21 Å². The summed E-state index contributed by atoms with van der Waals surface area (Å²) in [6, 6.07) is 27.8. The van der Waals surface area contributed by atoms with E-state index in [9.17, 15) is 20.1 Å². The van der Waals surface area contributed by atoms with Crippen LogP contribution in [0.4, 0.5) is 0 Å². The first-order chi connectivity index (χ1) is 18.5. The molecule has 7 rings (SSSR count). The molecule has 1 spiro atoms. The number of benzene rings is 5. The number of hydrazone groups is 1. The van der Waals surface area contributed by atoms with Crippen molar-refractivity contribution >= 4 is 22.9 Å². The largest absolute Gasteiger partial charge is 0.508 e. The summed E-state index contributed by atoms with van der Waals surface area (Å²) in [4.78, 5) is 14.0. The van der Waals surface area contributed by atoms with Gasteiger partial charge in [0.15, 0.2) is 0 Å². The van der Waals surface area contributed by atoms with Gasteiger partial charge in [-0.15, -0.1) is 0 Å². The summed E-state index contributed by atoms with van der Waals surface area (Å²) in [7, 11) is 0. The Morgan fingerprint density at radius 3 is 2.13 bits per heavy atom. The highest BCUT2D eigenvalue weighted by Gasteiger charge is 2.57. The van der Waals surface area contributed by atoms with E-state index in [1.807, 2.05) is 42.5 Å². The minimum absolute atomic E-state index is 0.00385. The van der Waals surface area contributed by atoms with Gasteiger partial charge in [0.2, 0.25) is 0 Å². The summed E-state index contributed by atoms with van der Waals surface area (Å²) in [6.45, 7) is 0. The number of aromatic hydroxyl groups is 3. The third-order valence-electron chi connectivity index (χ3n) is 7.24. The number of carbonyl (C=O) groups excluding carboxylic acids is 1. The number of rotatable bonds is 2. The maximum absolute atomic E-state index is 14.0. The molecule has 0 aliphatic carbocycles. The van der Waals surface area contributed by atoms with Gasteiger partial charge in [-0.1, -0.05) is 48.5 Å². The smallest absolute Gasteiger partial charge is 0.275 e. The number of carbonyl (C=O) groups is 1. The van der Waals surface area contributed by atoms with Gasteiger partial charge in [0.1, 0.15) is 34.3 Å². The number of phenolic OH excluding ortho intramolecular Hbond substituents is 3. The molecule has 0 saturated carbocycles. The van der Waals surface area contributed by atoms with Crippen molar-refractivity contribution in [2.45, 2.75) is 5.54 Å². The topological polar surface area (TPSA) is 103 Å². The summed E-state index contributed by atoms with van der Waals surface area (Å²) in [6.07, 6.45) is 1.50. The lowest BCUT2D eigenvalue weighted by Gasteiger charge is -2.41. The molecule has 0 atom stereocenters. The lowest BCUT2D eigenvalue weighted by atomic mass is 9.75. The summed E-state index contributed by atoms with van der Waals surface area (Å²) in [5, 5.41) is 39.1. The van der Waals surface area contributed by atoms with Gasteiger partial charge in [-0.2, -0.15) is 5.10 Å². The number of nitrogens with zero attached hydrogens (tertiary/aromatic N) is 2. The quantitative estimate of drug-likeness (QED) is 0.264. The molecule has 5 aromatic rings. The van der Waals surface area contributed by atoms with Gasteiger partial charge < -0.3 is 20.1 Å². The first-order valence-electron chi connectivity index (χ1n) is 12.0. The fourth-order valence-electron chi connectivity index (χ4n) is 5.61. The Morgan fingerprint density at radius 2 is 1.39 bits per heavy atom. The lowest BCUT2D eigenvalue weighted by Crippen LogP contribution is -2.44. The van der Waals surface area contributed by atoms with Crippen molar-refractivity contribution in [2.75, 3.05) is 0 Å². The zero-order chi connectivity index (χ0) is 26.0. The molecule has 1 amide bonds. The predicted molar refractivity (Wildman–Crippen MR) is 142 cm³/mol. The molecule has 0 fully saturated rings. The van der Waals surface area contributed by atoms with E-state index in [1.165, 1.54) is 23.4 Å². The summed E-state index contributed by atoms with van der Waals surface area (Å²) < 4.78 is 6.11. The monoisotopic (exact) mass is 500 g/mol. The van der Waals surface area contributed by atoms with Crippen LogP contribution in [0.5, 0.6) is 28.7 Å².